The van der Waals surface area contributed by atoms with Gasteiger partial charge in [-0.25, -0.2) is 0 Å². The average Bonchev–Trinajstić information content (AvgIpc) is 2.77. The van der Waals surface area contributed by atoms with Gasteiger partial charge in [-0.05, 0) is 45.2 Å². The number of ether oxygens (including phenoxy) is 1. The van der Waals surface area contributed by atoms with E-state index in [1.54, 1.807) is 6.07 Å². The Morgan fingerprint density at radius 3 is 2.90 bits per heavy atom. The largest absolute Gasteiger partial charge is 0.508 e. The van der Waals surface area contributed by atoms with Crippen molar-refractivity contribution in [3.05, 3.63) is 34.9 Å². The summed E-state index contributed by atoms with van der Waals surface area (Å²) in [6, 6.07) is 3.25. The smallest absolute Gasteiger partial charge is 0.150 e. The Morgan fingerprint density at radius 2 is 2.25 bits per heavy atom. The molecule has 1 unspecified atom stereocenters. The Balaban J connectivity index is 1.89. The third-order valence-corrected chi connectivity index (χ3v) is 4.72. The number of aldehydes is 1. The first-order valence-electron chi connectivity index (χ1n) is 7.17. The molecule has 0 bridgehead atoms. The van der Waals surface area contributed by atoms with Crippen LogP contribution in [0.3, 0.4) is 0 Å². The minimum absolute atomic E-state index is 0.177. The monoisotopic (exact) mass is 272 g/mol. The molecular weight excluding hydrogens is 252 g/mol. The summed E-state index contributed by atoms with van der Waals surface area (Å²) in [5.41, 5.74) is 2.47. The highest BCUT2D eigenvalue weighted by atomic mass is 16.5. The zero-order chi connectivity index (χ0) is 14.3. The lowest BCUT2D eigenvalue weighted by molar-refractivity contribution is 0.0420. The lowest BCUT2D eigenvalue weighted by Gasteiger charge is -2.35. The van der Waals surface area contributed by atoms with E-state index in [9.17, 15) is 9.90 Å². The number of phenols is 1. The van der Waals surface area contributed by atoms with Gasteiger partial charge in [-0.1, -0.05) is 11.6 Å². The molecule has 1 heterocycles. The number of fused-ring (bicyclic) bond motifs is 1. The van der Waals surface area contributed by atoms with E-state index in [1.807, 2.05) is 0 Å². The Hall–Kier alpha value is -1.77. The SMILES string of the molecule is CC1=CC[C@@H](C2(C)Cc3c(O)cc(C=O)cc3O2)CC1. The molecule has 0 amide bonds. The van der Waals surface area contributed by atoms with Crippen LogP contribution in [0.1, 0.15) is 49.0 Å². The zero-order valence-corrected chi connectivity index (χ0v) is 12.0. The first kappa shape index (κ1) is 13.2. The topological polar surface area (TPSA) is 46.5 Å². The normalized spacial score (nSPS) is 28.5. The van der Waals surface area contributed by atoms with Crippen LogP contribution in [0.4, 0.5) is 0 Å². The highest BCUT2D eigenvalue weighted by Gasteiger charge is 2.43. The van der Waals surface area contributed by atoms with Gasteiger partial charge in [-0.3, -0.25) is 4.79 Å². The van der Waals surface area contributed by atoms with E-state index in [1.165, 1.54) is 11.6 Å². The molecular formula is C17H20O3. The molecule has 1 aliphatic carbocycles. The van der Waals surface area contributed by atoms with Crippen molar-refractivity contribution in [3.8, 4) is 11.5 Å². The fourth-order valence-electron chi connectivity index (χ4n) is 3.37. The first-order chi connectivity index (χ1) is 9.51. The fraction of sp³-hybridized carbons (Fsp3) is 0.471. The molecule has 106 valence electrons. The van der Waals surface area contributed by atoms with Crippen molar-refractivity contribution in [3.63, 3.8) is 0 Å². The molecule has 2 atom stereocenters. The Morgan fingerprint density at radius 1 is 1.45 bits per heavy atom. The van der Waals surface area contributed by atoms with Crippen LogP contribution < -0.4 is 4.74 Å². The number of aromatic hydroxyl groups is 1. The van der Waals surface area contributed by atoms with Crippen molar-refractivity contribution < 1.29 is 14.6 Å². The molecule has 0 fully saturated rings. The van der Waals surface area contributed by atoms with Crippen molar-refractivity contribution in [1.29, 1.82) is 0 Å². The quantitative estimate of drug-likeness (QED) is 0.660. The summed E-state index contributed by atoms with van der Waals surface area (Å²) in [5, 5.41) is 10.1. The van der Waals surface area contributed by atoms with E-state index >= 15 is 0 Å². The number of carbonyl (C=O) groups is 1. The number of hydrogen-bond donors (Lipinski definition) is 1. The zero-order valence-electron chi connectivity index (χ0n) is 12.0. The number of hydrogen-bond acceptors (Lipinski definition) is 3. The molecule has 2 aliphatic rings. The lowest BCUT2D eigenvalue weighted by atomic mass is 9.76. The third-order valence-electron chi connectivity index (χ3n) is 4.72. The second-order valence-electron chi connectivity index (χ2n) is 6.25. The summed E-state index contributed by atoms with van der Waals surface area (Å²) < 4.78 is 6.14. The van der Waals surface area contributed by atoms with Gasteiger partial charge in [0.05, 0.1) is 0 Å². The number of allylic oxidation sites excluding steroid dienone is 2. The van der Waals surface area contributed by atoms with E-state index in [4.69, 9.17) is 4.74 Å². The van der Waals surface area contributed by atoms with Gasteiger partial charge >= 0.3 is 0 Å². The summed E-state index contributed by atoms with van der Waals surface area (Å²) in [6.45, 7) is 4.29. The van der Waals surface area contributed by atoms with Crippen LogP contribution in [0, 0.1) is 5.92 Å². The maximum absolute atomic E-state index is 10.9. The maximum atomic E-state index is 10.9. The van der Waals surface area contributed by atoms with E-state index in [0.717, 1.165) is 31.1 Å². The van der Waals surface area contributed by atoms with Gasteiger partial charge < -0.3 is 9.84 Å². The molecule has 0 aromatic heterocycles. The van der Waals surface area contributed by atoms with Crippen molar-refractivity contribution in [2.75, 3.05) is 0 Å². The van der Waals surface area contributed by atoms with Crippen LogP contribution in [0.2, 0.25) is 0 Å². The van der Waals surface area contributed by atoms with E-state index in [-0.39, 0.29) is 11.4 Å². The second kappa shape index (κ2) is 4.65. The minimum Gasteiger partial charge on any atom is -0.508 e. The molecule has 0 saturated carbocycles. The number of benzene rings is 1. The van der Waals surface area contributed by atoms with Crippen LogP contribution in [0.5, 0.6) is 11.5 Å². The Labute approximate surface area is 119 Å². The van der Waals surface area contributed by atoms with E-state index < -0.39 is 0 Å². The summed E-state index contributed by atoms with van der Waals surface area (Å²) >= 11 is 0. The highest BCUT2D eigenvalue weighted by molar-refractivity contribution is 5.77. The van der Waals surface area contributed by atoms with Crippen LogP contribution in [-0.2, 0) is 6.42 Å². The first-order valence-corrected chi connectivity index (χ1v) is 7.17. The summed E-state index contributed by atoms with van der Waals surface area (Å²) in [6.07, 6.45) is 7.01. The molecule has 0 radical (unpaired) electrons. The van der Waals surface area contributed by atoms with Gasteiger partial charge in [-0.15, -0.1) is 0 Å². The van der Waals surface area contributed by atoms with Gasteiger partial charge in [0.25, 0.3) is 0 Å². The minimum atomic E-state index is -0.279. The molecule has 0 spiro atoms. The van der Waals surface area contributed by atoms with Gasteiger partial charge in [0.1, 0.15) is 23.4 Å². The highest BCUT2D eigenvalue weighted by Crippen LogP contribution is 2.46. The molecule has 0 saturated heterocycles. The van der Waals surface area contributed by atoms with Crippen molar-refractivity contribution in [2.24, 2.45) is 5.92 Å². The Bertz CT molecular complexity index is 588. The number of carbonyl (C=O) groups excluding carboxylic acids is 1. The third kappa shape index (κ3) is 2.11. The summed E-state index contributed by atoms with van der Waals surface area (Å²) in [7, 11) is 0. The van der Waals surface area contributed by atoms with Crippen LogP contribution >= 0.6 is 0 Å². The van der Waals surface area contributed by atoms with Gasteiger partial charge in [0.15, 0.2) is 0 Å². The molecule has 1 aromatic rings. The van der Waals surface area contributed by atoms with Crippen molar-refractivity contribution in [1.82, 2.24) is 0 Å². The maximum Gasteiger partial charge on any atom is 0.150 e. The van der Waals surface area contributed by atoms with Crippen molar-refractivity contribution >= 4 is 6.29 Å². The molecule has 20 heavy (non-hydrogen) atoms. The van der Waals surface area contributed by atoms with E-state index in [2.05, 4.69) is 19.9 Å². The number of rotatable bonds is 2. The molecule has 1 aromatic carbocycles. The average molecular weight is 272 g/mol. The standard InChI is InChI=1S/C17H20O3/c1-11-3-5-13(6-4-11)17(2)9-14-15(19)7-12(10-18)8-16(14)20-17/h3,7-8,10,13,19H,4-6,9H2,1-2H3/t13-,17?/m1/s1. The van der Waals surface area contributed by atoms with Crippen LogP contribution in [0.15, 0.2) is 23.8 Å². The van der Waals surface area contributed by atoms with Crippen LogP contribution in [0.25, 0.3) is 0 Å². The molecule has 3 nitrogen and oxygen atoms in total. The lowest BCUT2D eigenvalue weighted by Crippen LogP contribution is -2.40. The predicted molar refractivity (Wildman–Crippen MR) is 77.3 cm³/mol. The molecule has 1 N–H and O–H groups in total. The number of phenolic OH excluding ortho intramolecular Hbond substituents is 1. The predicted octanol–water partition coefficient (Wildman–Crippen LogP) is 3.64. The van der Waals surface area contributed by atoms with Gasteiger partial charge in [-0.2, -0.15) is 0 Å². The van der Waals surface area contributed by atoms with E-state index in [0.29, 0.717) is 23.7 Å². The van der Waals surface area contributed by atoms with Gasteiger partial charge in [0.2, 0.25) is 0 Å². The molecule has 3 heteroatoms. The fourth-order valence-corrected chi connectivity index (χ4v) is 3.37. The summed E-state index contributed by atoms with van der Waals surface area (Å²) in [4.78, 5) is 10.9. The van der Waals surface area contributed by atoms with Gasteiger partial charge in [0, 0.05) is 23.5 Å². The Kier molecular flexibility index (Phi) is 3.08. The van der Waals surface area contributed by atoms with Crippen molar-refractivity contribution in [2.45, 2.75) is 45.1 Å². The van der Waals surface area contributed by atoms with Crippen LogP contribution in [-0.4, -0.2) is 17.0 Å². The molecule has 1 aliphatic heterocycles. The molecule has 3 rings (SSSR count). The summed E-state index contributed by atoms with van der Waals surface area (Å²) in [5.74, 6) is 1.30. The second-order valence-corrected chi connectivity index (χ2v) is 6.25.